The molecule has 8 heteroatoms. The predicted molar refractivity (Wildman–Crippen MR) is 165 cm³/mol. The van der Waals surface area contributed by atoms with Gasteiger partial charge in [0, 0.05) is 31.2 Å². The summed E-state index contributed by atoms with van der Waals surface area (Å²) in [5, 5.41) is 3.38. The summed E-state index contributed by atoms with van der Waals surface area (Å²) in [6.45, 7) is 8.94. The van der Waals surface area contributed by atoms with Crippen molar-refractivity contribution < 1.29 is 9.53 Å². The molecule has 1 saturated carbocycles. The Labute approximate surface area is 245 Å². The summed E-state index contributed by atoms with van der Waals surface area (Å²) in [4.78, 5) is 35.9. The molecule has 3 heterocycles. The van der Waals surface area contributed by atoms with Crippen LogP contribution in [0.15, 0.2) is 29.1 Å². The number of hydrogen-bond donors (Lipinski definition) is 1. The number of nitrogens with one attached hydrogen (secondary N) is 1. The van der Waals surface area contributed by atoms with Gasteiger partial charge in [0.15, 0.2) is 5.82 Å². The van der Waals surface area contributed by atoms with Gasteiger partial charge in [-0.25, -0.2) is 4.98 Å². The molecule has 226 valence electrons. The number of nitrogens with zero attached hydrogens (tertiary/aromatic N) is 4. The van der Waals surface area contributed by atoms with Crippen LogP contribution in [0.25, 0.3) is 11.0 Å². The quantitative estimate of drug-likeness (QED) is 0.375. The molecule has 1 aliphatic carbocycles. The summed E-state index contributed by atoms with van der Waals surface area (Å²) >= 11 is 0. The molecule has 1 aromatic carbocycles. The number of para-hydroxylation sites is 2. The Morgan fingerprint density at radius 2 is 1.73 bits per heavy atom. The van der Waals surface area contributed by atoms with Gasteiger partial charge in [-0.15, -0.1) is 0 Å². The standard InChI is InChI=1S/C33H51N5O3/c1-3-41-33(40)26-17-21-36(22-18-26)23-19-34-31-32(39)38(30-16-10-9-15-29(30)35-31)25(2)24-28-14-11-20-37(28)27-12-7-5-4-6-8-13-27/h9-10,15-16,25-28H,3-8,11-14,17-24H2,1-2H3,(H,34,35)/t25-,28-/m0/s1. The van der Waals surface area contributed by atoms with Crippen LogP contribution >= 0.6 is 0 Å². The number of anilines is 1. The lowest BCUT2D eigenvalue weighted by Crippen LogP contribution is -2.41. The number of ether oxygens (including phenoxy) is 1. The third-order valence-electron chi connectivity index (χ3n) is 9.74. The van der Waals surface area contributed by atoms with Gasteiger partial charge in [-0.3, -0.25) is 14.5 Å². The van der Waals surface area contributed by atoms with Crippen molar-refractivity contribution in [2.24, 2.45) is 5.92 Å². The van der Waals surface area contributed by atoms with Crippen LogP contribution in [0.2, 0.25) is 0 Å². The summed E-state index contributed by atoms with van der Waals surface area (Å²) < 4.78 is 7.21. The number of hydrogen-bond acceptors (Lipinski definition) is 7. The zero-order valence-corrected chi connectivity index (χ0v) is 25.4. The van der Waals surface area contributed by atoms with E-state index >= 15 is 0 Å². The first-order valence-corrected chi connectivity index (χ1v) is 16.4. The molecule has 3 aliphatic rings. The van der Waals surface area contributed by atoms with Crippen molar-refractivity contribution in [3.63, 3.8) is 0 Å². The summed E-state index contributed by atoms with van der Waals surface area (Å²) in [6.07, 6.45) is 14.7. The van der Waals surface area contributed by atoms with Gasteiger partial charge >= 0.3 is 5.97 Å². The minimum absolute atomic E-state index is 0.0119. The van der Waals surface area contributed by atoms with Crippen LogP contribution in [-0.4, -0.2) is 76.7 Å². The Hall–Kier alpha value is -2.45. The maximum Gasteiger partial charge on any atom is 0.309 e. The van der Waals surface area contributed by atoms with Gasteiger partial charge in [-0.1, -0.05) is 44.2 Å². The van der Waals surface area contributed by atoms with Crippen LogP contribution in [0.3, 0.4) is 0 Å². The fourth-order valence-electron chi connectivity index (χ4n) is 7.55. The first kappa shape index (κ1) is 30.0. The minimum atomic E-state index is -0.0641. The number of aromatic nitrogens is 2. The van der Waals surface area contributed by atoms with E-state index in [1.807, 2.05) is 35.8 Å². The number of likely N-dealkylation sites (tertiary alicyclic amines) is 2. The van der Waals surface area contributed by atoms with Crippen molar-refractivity contribution in [2.75, 3.05) is 44.6 Å². The third kappa shape index (κ3) is 7.50. The van der Waals surface area contributed by atoms with Crippen LogP contribution < -0.4 is 10.9 Å². The maximum atomic E-state index is 13.9. The van der Waals surface area contributed by atoms with Crippen molar-refractivity contribution in [2.45, 2.75) is 109 Å². The second-order valence-corrected chi connectivity index (χ2v) is 12.5. The summed E-state index contributed by atoms with van der Waals surface area (Å²) in [6, 6.07) is 9.41. The number of esters is 1. The predicted octanol–water partition coefficient (Wildman–Crippen LogP) is 5.61. The van der Waals surface area contributed by atoms with Crippen molar-refractivity contribution in [3.8, 4) is 0 Å². The van der Waals surface area contributed by atoms with E-state index in [1.54, 1.807) is 0 Å². The molecule has 3 fully saturated rings. The zero-order chi connectivity index (χ0) is 28.6. The molecule has 2 atom stereocenters. The Morgan fingerprint density at radius 3 is 2.49 bits per heavy atom. The molecule has 2 aliphatic heterocycles. The number of benzene rings is 1. The Morgan fingerprint density at radius 1 is 1.00 bits per heavy atom. The lowest BCUT2D eigenvalue weighted by molar-refractivity contribution is -0.149. The normalized spacial score (nSPS) is 22.8. The lowest BCUT2D eigenvalue weighted by Gasteiger charge is -2.36. The van der Waals surface area contributed by atoms with Crippen molar-refractivity contribution >= 4 is 22.8 Å². The molecule has 8 nitrogen and oxygen atoms in total. The van der Waals surface area contributed by atoms with Gasteiger partial charge in [0.25, 0.3) is 5.56 Å². The number of rotatable bonds is 10. The Bertz CT molecular complexity index is 1180. The van der Waals surface area contributed by atoms with Crippen LogP contribution in [0.1, 0.15) is 96.9 Å². The van der Waals surface area contributed by atoms with E-state index < -0.39 is 0 Å². The Kier molecular flexibility index (Phi) is 10.7. The minimum Gasteiger partial charge on any atom is -0.466 e. The molecule has 2 aromatic rings. The molecule has 0 radical (unpaired) electrons. The molecule has 0 bridgehead atoms. The van der Waals surface area contributed by atoms with Gasteiger partial charge < -0.3 is 19.5 Å². The van der Waals surface area contributed by atoms with E-state index in [2.05, 4.69) is 22.0 Å². The zero-order valence-electron chi connectivity index (χ0n) is 25.4. The van der Waals surface area contributed by atoms with Crippen LogP contribution in [0.4, 0.5) is 5.82 Å². The smallest absolute Gasteiger partial charge is 0.309 e. The maximum absolute atomic E-state index is 13.9. The molecule has 0 unspecified atom stereocenters. The molecule has 0 spiro atoms. The van der Waals surface area contributed by atoms with E-state index in [4.69, 9.17) is 9.72 Å². The molecule has 1 N–H and O–H groups in total. The van der Waals surface area contributed by atoms with Crippen molar-refractivity contribution in [1.29, 1.82) is 0 Å². The number of carbonyl (C=O) groups excluding carboxylic acids is 1. The molecule has 0 amide bonds. The molecular weight excluding hydrogens is 514 g/mol. The first-order chi connectivity index (χ1) is 20.0. The molecule has 2 saturated heterocycles. The number of piperidine rings is 1. The largest absolute Gasteiger partial charge is 0.466 e. The fourth-order valence-corrected chi connectivity index (χ4v) is 7.55. The van der Waals surface area contributed by atoms with E-state index in [1.165, 1.54) is 64.3 Å². The van der Waals surface area contributed by atoms with Gasteiger partial charge in [-0.2, -0.15) is 0 Å². The van der Waals surface area contributed by atoms with Gasteiger partial charge in [0.1, 0.15) is 0 Å². The van der Waals surface area contributed by atoms with Gasteiger partial charge in [0.05, 0.1) is 23.6 Å². The molecule has 1 aromatic heterocycles. The molecule has 5 rings (SSSR count). The number of fused-ring (bicyclic) bond motifs is 1. The van der Waals surface area contributed by atoms with Gasteiger partial charge in [-0.05, 0) is 90.6 Å². The highest BCUT2D eigenvalue weighted by Gasteiger charge is 2.32. The van der Waals surface area contributed by atoms with Crippen LogP contribution in [-0.2, 0) is 9.53 Å². The highest BCUT2D eigenvalue weighted by molar-refractivity contribution is 5.76. The van der Waals surface area contributed by atoms with E-state index in [9.17, 15) is 9.59 Å². The topological polar surface area (TPSA) is 79.7 Å². The fraction of sp³-hybridized carbons (Fsp3) is 0.727. The average Bonchev–Trinajstić information content (AvgIpc) is 3.41. The SMILES string of the molecule is CCOC(=O)C1CCN(CCNc2nc3ccccc3n([C@@H](C)C[C@@H]3CCCN3C3CCCCCCC3)c2=O)CC1. The highest BCUT2D eigenvalue weighted by Crippen LogP contribution is 2.32. The first-order valence-electron chi connectivity index (χ1n) is 16.4. The number of carbonyl (C=O) groups is 1. The van der Waals surface area contributed by atoms with Crippen LogP contribution in [0, 0.1) is 5.92 Å². The summed E-state index contributed by atoms with van der Waals surface area (Å²) in [5.74, 6) is 0.392. The third-order valence-corrected chi connectivity index (χ3v) is 9.74. The van der Waals surface area contributed by atoms with Gasteiger partial charge in [0.2, 0.25) is 0 Å². The van der Waals surface area contributed by atoms with Crippen LogP contribution in [0.5, 0.6) is 0 Å². The monoisotopic (exact) mass is 565 g/mol. The average molecular weight is 566 g/mol. The highest BCUT2D eigenvalue weighted by atomic mass is 16.5. The lowest BCUT2D eigenvalue weighted by atomic mass is 9.94. The van der Waals surface area contributed by atoms with E-state index in [-0.39, 0.29) is 23.5 Å². The van der Waals surface area contributed by atoms with Crippen molar-refractivity contribution in [3.05, 3.63) is 34.6 Å². The summed E-state index contributed by atoms with van der Waals surface area (Å²) in [5.41, 5.74) is 1.76. The molecular formula is C33H51N5O3. The van der Waals surface area contributed by atoms with Crippen molar-refractivity contribution in [1.82, 2.24) is 19.4 Å². The molecule has 41 heavy (non-hydrogen) atoms. The summed E-state index contributed by atoms with van der Waals surface area (Å²) in [7, 11) is 0. The Balaban J connectivity index is 1.24. The van der Waals surface area contributed by atoms with E-state index in [0.717, 1.165) is 49.9 Å². The second-order valence-electron chi connectivity index (χ2n) is 12.5. The second kappa shape index (κ2) is 14.6. The van der Waals surface area contributed by atoms with E-state index in [0.29, 0.717) is 31.1 Å².